The molecule has 5 atom stereocenters. The summed E-state index contributed by atoms with van der Waals surface area (Å²) in [6.45, 7) is 5.73. The third-order valence-electron chi connectivity index (χ3n) is 5.93. The van der Waals surface area contributed by atoms with Crippen molar-refractivity contribution in [2.24, 2.45) is 23.0 Å². The van der Waals surface area contributed by atoms with E-state index in [9.17, 15) is 14.0 Å². The van der Waals surface area contributed by atoms with Crippen molar-refractivity contribution in [3.63, 3.8) is 0 Å². The maximum atomic E-state index is 14.9. The van der Waals surface area contributed by atoms with Crippen LogP contribution >= 0.6 is 11.8 Å². The molecule has 1 aromatic rings. The average molecular weight is 408 g/mol. The van der Waals surface area contributed by atoms with Crippen LogP contribution in [-0.2, 0) is 9.47 Å². The van der Waals surface area contributed by atoms with Gasteiger partial charge in [-0.3, -0.25) is 4.90 Å². The molecule has 0 aromatic heterocycles. The van der Waals surface area contributed by atoms with Gasteiger partial charge in [-0.25, -0.2) is 14.0 Å². The number of carbonyl (C=O) groups excluding carboxylic acids is 2. The molecule has 4 rings (SSSR count). The highest BCUT2D eigenvalue weighted by atomic mass is 32.2. The number of hydrogen-bond acceptors (Lipinski definition) is 5. The number of cyclic esters (lactones) is 1. The highest BCUT2D eigenvalue weighted by Crippen LogP contribution is 2.61. The van der Waals surface area contributed by atoms with Crippen LogP contribution in [0.1, 0.15) is 32.3 Å². The van der Waals surface area contributed by atoms with Gasteiger partial charge in [-0.15, -0.1) is 0 Å². The highest BCUT2D eigenvalue weighted by Gasteiger charge is 2.55. The van der Waals surface area contributed by atoms with E-state index in [1.807, 2.05) is 32.5 Å². The standard InChI is InChI=1S/C20H25FN2O4S/c1-20(2,3)17-15(7-26-18(22)24)27-19(25)23(17)10-4-5-11(14(21)6-10)16-12-8-28-9-13(12)16/h4-6,12-13,15-17H,7-9H2,1-3H3,(H2,22,24)/t12-,13+,15-,16?,17?/m1/s1. The Morgan fingerprint density at radius 1 is 1.36 bits per heavy atom. The number of anilines is 1. The number of carbonyl (C=O) groups is 2. The van der Waals surface area contributed by atoms with Crippen LogP contribution in [0, 0.1) is 23.1 Å². The number of rotatable bonds is 4. The second kappa shape index (κ2) is 6.83. The third kappa shape index (κ3) is 3.32. The van der Waals surface area contributed by atoms with Gasteiger partial charge in [-0.2, -0.15) is 11.8 Å². The molecule has 8 heteroatoms. The fourth-order valence-corrected chi connectivity index (χ4v) is 6.26. The van der Waals surface area contributed by atoms with Crippen LogP contribution in [-0.4, -0.2) is 42.4 Å². The molecular weight excluding hydrogens is 383 g/mol. The van der Waals surface area contributed by atoms with E-state index in [0.29, 0.717) is 23.4 Å². The van der Waals surface area contributed by atoms with Gasteiger partial charge in [-0.05, 0) is 52.4 Å². The topological polar surface area (TPSA) is 81.9 Å². The molecule has 0 radical (unpaired) electrons. The fourth-order valence-electron chi connectivity index (χ4n) is 4.67. The number of amides is 2. The van der Waals surface area contributed by atoms with Crippen molar-refractivity contribution in [1.29, 1.82) is 0 Å². The molecule has 152 valence electrons. The van der Waals surface area contributed by atoms with Gasteiger partial charge in [0.05, 0.1) is 11.7 Å². The Morgan fingerprint density at radius 2 is 2.04 bits per heavy atom. The van der Waals surface area contributed by atoms with Gasteiger partial charge in [0.25, 0.3) is 0 Å². The summed E-state index contributed by atoms with van der Waals surface area (Å²) in [5.74, 6) is 3.39. The first-order chi connectivity index (χ1) is 13.2. The van der Waals surface area contributed by atoms with E-state index >= 15 is 0 Å². The molecule has 2 aliphatic heterocycles. The quantitative estimate of drug-likeness (QED) is 0.821. The van der Waals surface area contributed by atoms with E-state index in [4.69, 9.17) is 15.2 Å². The largest absolute Gasteiger partial charge is 0.446 e. The summed E-state index contributed by atoms with van der Waals surface area (Å²) in [6.07, 6.45) is -2.18. The highest BCUT2D eigenvalue weighted by molar-refractivity contribution is 7.99. The monoisotopic (exact) mass is 408 g/mol. The van der Waals surface area contributed by atoms with Crippen molar-refractivity contribution in [2.45, 2.75) is 38.8 Å². The van der Waals surface area contributed by atoms with E-state index in [2.05, 4.69) is 0 Å². The van der Waals surface area contributed by atoms with Gasteiger partial charge in [0.2, 0.25) is 0 Å². The molecular formula is C20H25FN2O4S. The normalized spacial score (nSPS) is 31.5. The zero-order valence-electron chi connectivity index (χ0n) is 16.2. The van der Waals surface area contributed by atoms with Gasteiger partial charge >= 0.3 is 12.2 Å². The zero-order valence-corrected chi connectivity index (χ0v) is 17.0. The summed E-state index contributed by atoms with van der Waals surface area (Å²) in [5, 5.41) is 0. The summed E-state index contributed by atoms with van der Waals surface area (Å²) >= 11 is 1.93. The molecule has 2 saturated heterocycles. The van der Waals surface area contributed by atoms with Crippen LogP contribution < -0.4 is 10.6 Å². The lowest BCUT2D eigenvalue weighted by Crippen LogP contribution is -2.47. The first-order valence-electron chi connectivity index (χ1n) is 9.47. The first-order valence-corrected chi connectivity index (χ1v) is 10.6. The molecule has 1 saturated carbocycles. The van der Waals surface area contributed by atoms with Crippen LogP contribution in [0.5, 0.6) is 0 Å². The fraction of sp³-hybridized carbons (Fsp3) is 0.600. The lowest BCUT2D eigenvalue weighted by molar-refractivity contribution is 0.0504. The Morgan fingerprint density at radius 3 is 2.61 bits per heavy atom. The van der Waals surface area contributed by atoms with Crippen LogP contribution in [0.4, 0.5) is 19.7 Å². The SMILES string of the molecule is CC(C)(C)C1[C@@H](COC(N)=O)OC(=O)N1c1ccc(C2[C@H]3CSC[C@@H]23)c(F)c1. The Balaban J connectivity index is 1.60. The number of primary amides is 1. The van der Waals surface area contributed by atoms with E-state index in [1.54, 1.807) is 12.1 Å². The molecule has 1 aliphatic carbocycles. The molecule has 2 N–H and O–H groups in total. The van der Waals surface area contributed by atoms with E-state index in [-0.39, 0.29) is 12.4 Å². The Bertz CT molecular complexity index is 802. The predicted octanol–water partition coefficient (Wildman–Crippen LogP) is 3.74. The van der Waals surface area contributed by atoms with E-state index in [0.717, 1.165) is 17.1 Å². The van der Waals surface area contributed by atoms with Gasteiger partial charge in [0, 0.05) is 0 Å². The van der Waals surface area contributed by atoms with Gasteiger partial charge in [0.1, 0.15) is 12.4 Å². The number of thioether (sulfide) groups is 1. The molecule has 2 amide bonds. The number of benzene rings is 1. The number of fused-ring (bicyclic) bond motifs is 1. The number of halogens is 1. The summed E-state index contributed by atoms with van der Waals surface area (Å²) in [7, 11) is 0. The maximum absolute atomic E-state index is 14.9. The molecule has 0 bridgehead atoms. The van der Waals surface area contributed by atoms with E-state index < -0.39 is 29.7 Å². The van der Waals surface area contributed by atoms with Crippen molar-refractivity contribution >= 4 is 29.6 Å². The maximum Gasteiger partial charge on any atom is 0.415 e. The Labute approximate surface area is 167 Å². The number of hydrogen-bond donors (Lipinski definition) is 1. The summed E-state index contributed by atoms with van der Waals surface area (Å²) in [4.78, 5) is 25.0. The predicted molar refractivity (Wildman–Crippen MR) is 105 cm³/mol. The van der Waals surface area contributed by atoms with Crippen molar-refractivity contribution in [1.82, 2.24) is 0 Å². The minimum Gasteiger partial charge on any atom is -0.446 e. The second-order valence-corrected chi connectivity index (χ2v) is 9.90. The minimum absolute atomic E-state index is 0.136. The summed E-state index contributed by atoms with van der Waals surface area (Å²) in [5.41, 5.74) is 5.85. The van der Waals surface area contributed by atoms with Gasteiger partial charge < -0.3 is 15.2 Å². The average Bonchev–Trinajstić information content (AvgIpc) is 2.92. The minimum atomic E-state index is -0.925. The van der Waals surface area contributed by atoms with Gasteiger partial charge in [0.15, 0.2) is 6.10 Å². The van der Waals surface area contributed by atoms with Gasteiger partial charge in [-0.1, -0.05) is 26.8 Å². The van der Waals surface area contributed by atoms with Crippen molar-refractivity contribution in [2.75, 3.05) is 23.0 Å². The molecule has 0 spiro atoms. The smallest absolute Gasteiger partial charge is 0.415 e. The summed E-state index contributed by atoms with van der Waals surface area (Å²) < 4.78 is 25.2. The molecule has 6 nitrogen and oxygen atoms in total. The Hall–Kier alpha value is -1.96. The lowest BCUT2D eigenvalue weighted by atomic mass is 9.82. The molecule has 2 heterocycles. The van der Waals surface area contributed by atoms with Crippen LogP contribution in [0.15, 0.2) is 18.2 Å². The number of nitrogens with two attached hydrogens (primary N) is 1. The number of nitrogens with zero attached hydrogens (tertiary/aromatic N) is 1. The number of ether oxygens (including phenoxy) is 2. The lowest BCUT2D eigenvalue weighted by Gasteiger charge is -2.35. The molecule has 1 aromatic carbocycles. The first kappa shape index (κ1) is 19.4. The van der Waals surface area contributed by atoms with Crippen LogP contribution in [0.2, 0.25) is 0 Å². The third-order valence-corrected chi connectivity index (χ3v) is 7.17. The van der Waals surface area contributed by atoms with Crippen LogP contribution in [0.25, 0.3) is 0 Å². The molecule has 3 aliphatic rings. The zero-order chi connectivity index (χ0) is 20.2. The van der Waals surface area contributed by atoms with Crippen molar-refractivity contribution in [3.05, 3.63) is 29.6 Å². The molecule has 28 heavy (non-hydrogen) atoms. The van der Waals surface area contributed by atoms with E-state index in [1.165, 1.54) is 11.0 Å². The second-order valence-electron chi connectivity index (χ2n) is 8.83. The molecule has 3 fully saturated rings. The Kier molecular flexibility index (Phi) is 4.72. The van der Waals surface area contributed by atoms with Crippen molar-refractivity contribution in [3.8, 4) is 0 Å². The summed E-state index contributed by atoms with van der Waals surface area (Å²) in [6, 6.07) is 4.59. The van der Waals surface area contributed by atoms with Crippen molar-refractivity contribution < 1.29 is 23.5 Å². The molecule has 2 unspecified atom stereocenters. The van der Waals surface area contributed by atoms with Crippen LogP contribution in [0.3, 0.4) is 0 Å².